The van der Waals surface area contributed by atoms with Gasteiger partial charge < -0.3 is 9.47 Å². The molecule has 0 aliphatic carbocycles. The molecule has 0 aliphatic rings. The molecule has 4 rings (SSSR count). The third-order valence-electron chi connectivity index (χ3n) is 3.58. The second-order valence-electron chi connectivity index (χ2n) is 5.28. The molecule has 0 atom stereocenters. The normalized spacial score (nSPS) is 10.9. The predicted molar refractivity (Wildman–Crippen MR) is 96.0 cm³/mol. The van der Waals surface area contributed by atoms with E-state index in [9.17, 15) is 0 Å². The van der Waals surface area contributed by atoms with E-state index in [0.717, 1.165) is 27.0 Å². The minimum absolute atomic E-state index is 0.317. The van der Waals surface area contributed by atoms with Crippen molar-refractivity contribution in [1.82, 2.24) is 19.8 Å². The van der Waals surface area contributed by atoms with Gasteiger partial charge in [0, 0.05) is 5.56 Å². The summed E-state index contributed by atoms with van der Waals surface area (Å²) in [5.74, 6) is 2.32. The third kappa shape index (κ3) is 3.32. The number of ether oxygens (including phenoxy) is 2. The average Bonchev–Trinajstić information content (AvgIpc) is 3.23. The van der Waals surface area contributed by atoms with Crippen molar-refractivity contribution < 1.29 is 9.47 Å². The number of benzene rings is 2. The molecule has 0 saturated heterocycles. The summed E-state index contributed by atoms with van der Waals surface area (Å²) in [7, 11) is 0. The summed E-state index contributed by atoms with van der Waals surface area (Å²) < 4.78 is 12.9. The molecule has 4 aromatic rings. The van der Waals surface area contributed by atoms with Crippen LogP contribution >= 0.6 is 11.3 Å². The molecule has 2 heterocycles. The van der Waals surface area contributed by atoms with Crippen LogP contribution in [0.5, 0.6) is 11.5 Å². The molecule has 2 aromatic carbocycles. The second kappa shape index (κ2) is 6.90. The number of rotatable bonds is 6. The van der Waals surface area contributed by atoms with Crippen molar-refractivity contribution in [2.75, 3.05) is 6.61 Å². The maximum Gasteiger partial charge on any atom is 0.235 e. The molecule has 6 nitrogen and oxygen atoms in total. The molecule has 0 saturated carbocycles. The lowest BCUT2D eigenvalue weighted by molar-refractivity contribution is 0.293. The number of hydrogen-bond acceptors (Lipinski definition) is 6. The second-order valence-corrected chi connectivity index (χ2v) is 6.23. The highest BCUT2D eigenvalue weighted by Crippen LogP contribution is 2.27. The maximum absolute atomic E-state index is 5.74. The highest BCUT2D eigenvalue weighted by molar-refractivity contribution is 7.19. The number of aromatic nitrogens is 4. The van der Waals surface area contributed by atoms with Gasteiger partial charge in [0.1, 0.15) is 23.1 Å². The first kappa shape index (κ1) is 15.6. The largest absolute Gasteiger partial charge is 0.494 e. The number of para-hydroxylation sites is 1. The summed E-state index contributed by atoms with van der Waals surface area (Å²) in [4.78, 5) is 0.746. The van der Waals surface area contributed by atoms with Crippen molar-refractivity contribution in [3.05, 3.63) is 60.4 Å². The quantitative estimate of drug-likeness (QED) is 0.528. The summed E-state index contributed by atoms with van der Waals surface area (Å²) in [6, 6.07) is 17.5. The van der Waals surface area contributed by atoms with Crippen molar-refractivity contribution in [3.63, 3.8) is 0 Å². The Hall–Kier alpha value is -2.93. The van der Waals surface area contributed by atoms with Crippen LogP contribution in [0.4, 0.5) is 0 Å². The minimum atomic E-state index is 0.317. The Kier molecular flexibility index (Phi) is 4.30. The van der Waals surface area contributed by atoms with Crippen LogP contribution in [0.3, 0.4) is 0 Å². The fourth-order valence-corrected chi connectivity index (χ4v) is 3.25. The molecule has 0 aliphatic heterocycles. The predicted octanol–water partition coefficient (Wildman–Crippen LogP) is 3.83. The van der Waals surface area contributed by atoms with E-state index in [2.05, 4.69) is 15.3 Å². The lowest BCUT2D eigenvalue weighted by Gasteiger charge is -2.03. The highest BCUT2D eigenvalue weighted by atomic mass is 32.1. The van der Waals surface area contributed by atoms with Gasteiger partial charge in [-0.2, -0.15) is 9.61 Å². The van der Waals surface area contributed by atoms with E-state index in [4.69, 9.17) is 9.47 Å². The Balaban J connectivity index is 1.55. The Morgan fingerprint density at radius 2 is 1.68 bits per heavy atom. The molecule has 0 bridgehead atoms. The Bertz CT molecular complexity index is 964. The van der Waals surface area contributed by atoms with Crippen molar-refractivity contribution >= 4 is 16.3 Å². The van der Waals surface area contributed by atoms with Crippen LogP contribution in [0.25, 0.3) is 15.5 Å². The van der Waals surface area contributed by atoms with Crippen LogP contribution in [0, 0.1) is 0 Å². The van der Waals surface area contributed by atoms with Gasteiger partial charge in [-0.3, -0.25) is 0 Å². The fourth-order valence-electron chi connectivity index (χ4n) is 2.39. The zero-order valence-corrected chi connectivity index (χ0v) is 14.4. The van der Waals surface area contributed by atoms with Crippen molar-refractivity contribution in [1.29, 1.82) is 0 Å². The molecule has 0 amide bonds. The molecule has 2 aromatic heterocycles. The van der Waals surface area contributed by atoms with Crippen molar-refractivity contribution in [2.24, 2.45) is 0 Å². The van der Waals surface area contributed by atoms with E-state index in [1.807, 2.05) is 61.5 Å². The van der Waals surface area contributed by atoms with Gasteiger partial charge in [-0.1, -0.05) is 29.5 Å². The van der Waals surface area contributed by atoms with Crippen LogP contribution in [-0.4, -0.2) is 26.4 Å². The van der Waals surface area contributed by atoms with Gasteiger partial charge in [0.05, 0.1) is 6.61 Å². The van der Waals surface area contributed by atoms with Gasteiger partial charge in [0.15, 0.2) is 5.82 Å². The number of hydrogen-bond donors (Lipinski definition) is 0. The average molecular weight is 352 g/mol. The lowest BCUT2D eigenvalue weighted by atomic mass is 10.2. The summed E-state index contributed by atoms with van der Waals surface area (Å²) >= 11 is 1.49. The molecule has 0 N–H and O–H groups in total. The van der Waals surface area contributed by atoms with Crippen molar-refractivity contribution in [3.8, 4) is 22.1 Å². The maximum atomic E-state index is 5.74. The van der Waals surface area contributed by atoms with E-state index >= 15 is 0 Å². The first-order valence-electron chi connectivity index (χ1n) is 7.95. The van der Waals surface area contributed by atoms with Gasteiger partial charge in [-0.15, -0.1) is 10.2 Å². The smallest absolute Gasteiger partial charge is 0.235 e. The fraction of sp³-hybridized carbons (Fsp3) is 0.167. The summed E-state index contributed by atoms with van der Waals surface area (Å²) in [6.07, 6.45) is 0. The van der Waals surface area contributed by atoms with Crippen LogP contribution < -0.4 is 9.47 Å². The summed E-state index contributed by atoms with van der Waals surface area (Å²) in [6.45, 7) is 2.94. The molecular weight excluding hydrogens is 336 g/mol. The molecule has 0 spiro atoms. The first-order valence-corrected chi connectivity index (χ1v) is 8.77. The highest BCUT2D eigenvalue weighted by Gasteiger charge is 2.13. The van der Waals surface area contributed by atoms with Crippen LogP contribution in [0.1, 0.15) is 12.7 Å². The van der Waals surface area contributed by atoms with Gasteiger partial charge in [0.25, 0.3) is 0 Å². The van der Waals surface area contributed by atoms with Crippen LogP contribution in [-0.2, 0) is 6.61 Å². The molecule has 25 heavy (non-hydrogen) atoms. The molecule has 0 unspecified atom stereocenters. The SMILES string of the molecule is CCOc1ccc(-c2nn3c(COc4ccccc4)nnc3s2)cc1. The molecule has 7 heteroatoms. The van der Waals surface area contributed by atoms with Crippen LogP contribution in [0.2, 0.25) is 0 Å². The van der Waals surface area contributed by atoms with Gasteiger partial charge in [0.2, 0.25) is 4.96 Å². The van der Waals surface area contributed by atoms with Crippen LogP contribution in [0.15, 0.2) is 54.6 Å². The minimum Gasteiger partial charge on any atom is -0.494 e. The summed E-state index contributed by atoms with van der Waals surface area (Å²) in [5, 5.41) is 13.9. The van der Waals surface area contributed by atoms with E-state index in [1.54, 1.807) is 4.52 Å². The van der Waals surface area contributed by atoms with E-state index < -0.39 is 0 Å². The molecule has 0 fully saturated rings. The lowest BCUT2D eigenvalue weighted by Crippen LogP contribution is -2.02. The molecule has 126 valence electrons. The van der Waals surface area contributed by atoms with E-state index in [0.29, 0.717) is 19.0 Å². The topological polar surface area (TPSA) is 61.5 Å². The standard InChI is InChI=1S/C18H16N4O2S/c1-2-23-15-10-8-13(9-11-15)17-21-22-16(19-20-18(22)25-17)12-24-14-6-4-3-5-7-14/h3-11H,2,12H2,1H3. The van der Waals surface area contributed by atoms with Gasteiger partial charge >= 0.3 is 0 Å². The number of fused-ring (bicyclic) bond motifs is 1. The van der Waals surface area contributed by atoms with Gasteiger partial charge in [-0.25, -0.2) is 0 Å². The molecule has 0 radical (unpaired) electrons. The van der Waals surface area contributed by atoms with E-state index in [1.165, 1.54) is 11.3 Å². The molecular formula is C18H16N4O2S. The monoisotopic (exact) mass is 352 g/mol. The Morgan fingerprint density at radius 1 is 0.920 bits per heavy atom. The summed E-state index contributed by atoms with van der Waals surface area (Å²) in [5.41, 5.74) is 1.02. The third-order valence-corrected chi connectivity index (χ3v) is 4.53. The zero-order chi connectivity index (χ0) is 17.1. The Labute approximate surface area is 148 Å². The van der Waals surface area contributed by atoms with E-state index in [-0.39, 0.29) is 0 Å². The van der Waals surface area contributed by atoms with Gasteiger partial charge in [-0.05, 0) is 43.3 Å². The zero-order valence-electron chi connectivity index (χ0n) is 13.6. The number of nitrogens with zero attached hydrogens (tertiary/aromatic N) is 4. The Morgan fingerprint density at radius 3 is 2.44 bits per heavy atom. The first-order chi connectivity index (χ1) is 12.3. The van der Waals surface area contributed by atoms with Crippen molar-refractivity contribution in [2.45, 2.75) is 13.5 Å².